The number of hydrogen-bond acceptors (Lipinski definition) is 5. The van der Waals surface area contributed by atoms with Gasteiger partial charge in [-0.25, -0.2) is 9.50 Å². The number of amides is 1. The van der Waals surface area contributed by atoms with E-state index >= 15 is 0 Å². The van der Waals surface area contributed by atoms with Crippen LogP contribution in [0.1, 0.15) is 21.9 Å². The first-order chi connectivity index (χ1) is 13.2. The Hall–Kier alpha value is -3.74. The van der Waals surface area contributed by atoms with Crippen LogP contribution in [0.4, 0.5) is 0 Å². The summed E-state index contributed by atoms with van der Waals surface area (Å²) in [7, 11) is 0. The van der Waals surface area contributed by atoms with Crippen LogP contribution in [-0.2, 0) is 6.54 Å². The number of nitrogens with one attached hydrogen (secondary N) is 1. The maximum atomic E-state index is 12.4. The third-order valence-electron chi connectivity index (χ3n) is 3.96. The summed E-state index contributed by atoms with van der Waals surface area (Å²) >= 11 is 0. The molecule has 0 bridgehead atoms. The van der Waals surface area contributed by atoms with E-state index in [-0.39, 0.29) is 11.7 Å². The van der Waals surface area contributed by atoms with Gasteiger partial charge in [0, 0.05) is 18.4 Å². The molecule has 0 aliphatic heterocycles. The van der Waals surface area contributed by atoms with E-state index in [1.54, 1.807) is 10.7 Å². The molecule has 134 valence electrons. The SMILES string of the molecule is Cc1ccnc2nc(C(=O)NCc3cccc(Oc4ccccc4)c3)nn12. The fraction of sp³-hybridized carbons (Fsp3) is 0.100. The molecule has 1 N–H and O–H groups in total. The Labute approximate surface area is 155 Å². The summed E-state index contributed by atoms with van der Waals surface area (Å²) in [5.74, 6) is 1.61. The number of aryl methyl sites for hydroxylation is 1. The lowest BCUT2D eigenvalue weighted by Gasteiger charge is -2.08. The van der Waals surface area contributed by atoms with E-state index in [0.29, 0.717) is 18.1 Å². The summed E-state index contributed by atoms with van der Waals surface area (Å²) in [6.07, 6.45) is 1.64. The highest BCUT2D eigenvalue weighted by Crippen LogP contribution is 2.21. The molecule has 0 atom stereocenters. The molecule has 4 rings (SSSR count). The van der Waals surface area contributed by atoms with E-state index in [9.17, 15) is 4.79 Å². The van der Waals surface area contributed by atoms with Gasteiger partial charge in [0.1, 0.15) is 11.5 Å². The van der Waals surface area contributed by atoms with Crippen molar-refractivity contribution in [3.63, 3.8) is 0 Å². The fourth-order valence-corrected chi connectivity index (χ4v) is 2.61. The van der Waals surface area contributed by atoms with Crippen molar-refractivity contribution in [2.75, 3.05) is 0 Å². The zero-order valence-corrected chi connectivity index (χ0v) is 14.7. The summed E-state index contributed by atoms with van der Waals surface area (Å²) in [5.41, 5.74) is 1.77. The molecule has 2 heterocycles. The van der Waals surface area contributed by atoms with Crippen molar-refractivity contribution in [3.05, 3.63) is 83.9 Å². The van der Waals surface area contributed by atoms with Crippen molar-refractivity contribution < 1.29 is 9.53 Å². The van der Waals surface area contributed by atoms with Crippen LogP contribution in [0.3, 0.4) is 0 Å². The minimum absolute atomic E-state index is 0.0912. The highest BCUT2D eigenvalue weighted by Gasteiger charge is 2.14. The van der Waals surface area contributed by atoms with E-state index < -0.39 is 0 Å². The molecule has 0 unspecified atom stereocenters. The summed E-state index contributed by atoms with van der Waals surface area (Å²) in [4.78, 5) is 20.6. The first-order valence-corrected chi connectivity index (χ1v) is 8.47. The quantitative estimate of drug-likeness (QED) is 0.592. The maximum Gasteiger partial charge on any atom is 0.291 e. The Bertz CT molecular complexity index is 1090. The molecule has 0 fully saturated rings. The molecular formula is C20H17N5O2. The molecule has 0 aliphatic carbocycles. The molecule has 2 aromatic heterocycles. The van der Waals surface area contributed by atoms with E-state index in [2.05, 4.69) is 20.4 Å². The summed E-state index contributed by atoms with van der Waals surface area (Å²) in [5, 5.41) is 7.03. The molecular weight excluding hydrogens is 342 g/mol. The lowest BCUT2D eigenvalue weighted by atomic mass is 10.2. The lowest BCUT2D eigenvalue weighted by molar-refractivity contribution is 0.0940. The molecule has 7 heteroatoms. The number of carbonyl (C=O) groups is 1. The molecule has 0 saturated heterocycles. The number of carbonyl (C=O) groups excluding carboxylic acids is 1. The standard InChI is InChI=1S/C20H17N5O2/c1-14-10-11-21-20-23-18(24-25(14)20)19(26)22-13-15-6-5-9-17(12-15)27-16-7-3-2-4-8-16/h2-12H,13H2,1H3,(H,22,26). The van der Waals surface area contributed by atoms with Crippen LogP contribution in [0.5, 0.6) is 11.5 Å². The van der Waals surface area contributed by atoms with Gasteiger partial charge in [0.25, 0.3) is 11.7 Å². The number of rotatable bonds is 5. The van der Waals surface area contributed by atoms with Crippen LogP contribution in [0, 0.1) is 6.92 Å². The highest BCUT2D eigenvalue weighted by molar-refractivity contribution is 5.90. The minimum atomic E-state index is -0.353. The third kappa shape index (κ3) is 3.77. The first kappa shape index (κ1) is 16.7. The Morgan fingerprint density at radius 3 is 2.70 bits per heavy atom. The number of ether oxygens (including phenoxy) is 1. The van der Waals surface area contributed by atoms with Gasteiger partial charge in [0.2, 0.25) is 5.82 Å². The number of hydrogen-bond donors (Lipinski definition) is 1. The van der Waals surface area contributed by atoms with E-state index in [1.165, 1.54) is 0 Å². The molecule has 0 spiro atoms. The Balaban J connectivity index is 1.44. The monoisotopic (exact) mass is 359 g/mol. The molecule has 4 aromatic rings. The maximum absolute atomic E-state index is 12.4. The first-order valence-electron chi connectivity index (χ1n) is 8.47. The zero-order chi connectivity index (χ0) is 18.6. The van der Waals surface area contributed by atoms with Crippen molar-refractivity contribution in [3.8, 4) is 11.5 Å². The van der Waals surface area contributed by atoms with Crippen LogP contribution in [0.25, 0.3) is 5.78 Å². The molecule has 7 nitrogen and oxygen atoms in total. The summed E-state index contributed by atoms with van der Waals surface area (Å²) in [6.45, 7) is 2.22. The number of para-hydroxylation sites is 1. The normalized spacial score (nSPS) is 10.7. The molecule has 1 amide bonds. The van der Waals surface area contributed by atoms with Gasteiger partial charge in [-0.3, -0.25) is 4.79 Å². The van der Waals surface area contributed by atoms with Crippen LogP contribution in [0.15, 0.2) is 66.9 Å². The van der Waals surface area contributed by atoms with Crippen molar-refractivity contribution in [1.29, 1.82) is 0 Å². The molecule has 27 heavy (non-hydrogen) atoms. The van der Waals surface area contributed by atoms with Crippen LogP contribution in [-0.4, -0.2) is 25.5 Å². The van der Waals surface area contributed by atoms with Gasteiger partial charge in [-0.15, -0.1) is 5.10 Å². The van der Waals surface area contributed by atoms with E-state index in [0.717, 1.165) is 17.0 Å². The van der Waals surface area contributed by atoms with E-state index in [4.69, 9.17) is 4.74 Å². The van der Waals surface area contributed by atoms with Crippen molar-refractivity contribution in [1.82, 2.24) is 24.9 Å². The Kier molecular flexibility index (Phi) is 4.49. The Morgan fingerprint density at radius 2 is 1.89 bits per heavy atom. The van der Waals surface area contributed by atoms with E-state index in [1.807, 2.05) is 67.6 Å². The van der Waals surface area contributed by atoms with Gasteiger partial charge < -0.3 is 10.1 Å². The number of nitrogens with zero attached hydrogens (tertiary/aromatic N) is 4. The van der Waals surface area contributed by atoms with Crippen LogP contribution in [0.2, 0.25) is 0 Å². The van der Waals surface area contributed by atoms with Gasteiger partial charge in [-0.05, 0) is 42.8 Å². The number of benzene rings is 2. The fourth-order valence-electron chi connectivity index (χ4n) is 2.61. The van der Waals surface area contributed by atoms with Gasteiger partial charge in [-0.2, -0.15) is 4.98 Å². The predicted molar refractivity (Wildman–Crippen MR) is 99.6 cm³/mol. The number of fused-ring (bicyclic) bond motifs is 1. The molecule has 0 aliphatic rings. The topological polar surface area (TPSA) is 81.4 Å². The predicted octanol–water partition coefficient (Wildman–Crippen LogP) is 3.16. The second-order valence-corrected chi connectivity index (χ2v) is 5.98. The van der Waals surface area contributed by atoms with Crippen LogP contribution < -0.4 is 10.1 Å². The van der Waals surface area contributed by atoms with Crippen LogP contribution >= 0.6 is 0 Å². The van der Waals surface area contributed by atoms with Gasteiger partial charge >= 0.3 is 0 Å². The van der Waals surface area contributed by atoms with Crippen molar-refractivity contribution >= 4 is 11.7 Å². The highest BCUT2D eigenvalue weighted by atomic mass is 16.5. The minimum Gasteiger partial charge on any atom is -0.457 e. The second kappa shape index (κ2) is 7.25. The second-order valence-electron chi connectivity index (χ2n) is 5.98. The zero-order valence-electron chi connectivity index (χ0n) is 14.7. The summed E-state index contributed by atoms with van der Waals surface area (Å²) < 4.78 is 7.36. The number of aromatic nitrogens is 4. The van der Waals surface area contributed by atoms with Gasteiger partial charge in [-0.1, -0.05) is 30.3 Å². The summed E-state index contributed by atoms with van der Waals surface area (Å²) in [6, 6.07) is 18.9. The molecule has 0 radical (unpaired) electrons. The molecule has 0 saturated carbocycles. The smallest absolute Gasteiger partial charge is 0.291 e. The van der Waals surface area contributed by atoms with Gasteiger partial charge in [0.05, 0.1) is 0 Å². The third-order valence-corrected chi connectivity index (χ3v) is 3.96. The lowest BCUT2D eigenvalue weighted by Crippen LogP contribution is -2.24. The molecule has 2 aromatic carbocycles. The van der Waals surface area contributed by atoms with Crippen molar-refractivity contribution in [2.45, 2.75) is 13.5 Å². The Morgan fingerprint density at radius 1 is 1.07 bits per heavy atom. The largest absolute Gasteiger partial charge is 0.457 e. The van der Waals surface area contributed by atoms with Gasteiger partial charge in [0.15, 0.2) is 0 Å². The van der Waals surface area contributed by atoms with Crippen molar-refractivity contribution in [2.24, 2.45) is 0 Å². The average Bonchev–Trinajstić information content (AvgIpc) is 3.13. The average molecular weight is 359 g/mol.